The van der Waals surface area contributed by atoms with Gasteiger partial charge in [0, 0.05) is 12.8 Å². The van der Waals surface area contributed by atoms with Gasteiger partial charge in [-0.2, -0.15) is 0 Å². The fraction of sp³-hybridized carbons (Fsp3) is 0.909. The van der Waals surface area contributed by atoms with E-state index < -0.39 is 12.1 Å². The maximum absolute atomic E-state index is 12.5. The Bertz CT molecular complexity index is 1120. The van der Waals surface area contributed by atoms with Crippen molar-refractivity contribution in [3.8, 4) is 0 Å². The molecule has 0 bridgehead atoms. The largest absolute Gasteiger partial charge is 0.466 e. The van der Waals surface area contributed by atoms with Crippen LogP contribution in [0.5, 0.6) is 0 Å². The molecule has 0 aromatic rings. The number of hydrogen-bond donors (Lipinski definition) is 3. The molecular formula is C66H127NO5. The van der Waals surface area contributed by atoms with Gasteiger partial charge >= 0.3 is 5.97 Å². The second kappa shape index (κ2) is 61.9. The lowest BCUT2D eigenvalue weighted by atomic mass is 10.0. The van der Waals surface area contributed by atoms with Gasteiger partial charge in [0.05, 0.1) is 25.4 Å². The van der Waals surface area contributed by atoms with E-state index in [2.05, 4.69) is 31.3 Å². The molecule has 0 spiro atoms. The van der Waals surface area contributed by atoms with Crippen LogP contribution in [0.25, 0.3) is 0 Å². The molecule has 0 aromatic carbocycles. The van der Waals surface area contributed by atoms with Gasteiger partial charge in [0.25, 0.3) is 0 Å². The Kier molecular flexibility index (Phi) is 60.5. The Labute approximate surface area is 450 Å². The molecular weight excluding hydrogens is 887 g/mol. The maximum Gasteiger partial charge on any atom is 0.305 e. The van der Waals surface area contributed by atoms with E-state index in [1.165, 1.54) is 289 Å². The zero-order valence-electron chi connectivity index (χ0n) is 48.7. The van der Waals surface area contributed by atoms with Crippen molar-refractivity contribution < 1.29 is 24.5 Å². The van der Waals surface area contributed by atoms with Crippen LogP contribution in [0.4, 0.5) is 0 Å². The van der Waals surface area contributed by atoms with E-state index in [4.69, 9.17) is 4.74 Å². The molecule has 426 valence electrons. The number of unbranched alkanes of at least 4 members (excludes halogenated alkanes) is 48. The lowest BCUT2D eigenvalue weighted by molar-refractivity contribution is -0.143. The molecule has 72 heavy (non-hydrogen) atoms. The smallest absolute Gasteiger partial charge is 0.305 e. The number of carbonyl (C=O) groups is 2. The fourth-order valence-corrected chi connectivity index (χ4v) is 10.2. The topological polar surface area (TPSA) is 95.9 Å². The lowest BCUT2D eigenvalue weighted by Crippen LogP contribution is -2.45. The number of aliphatic hydroxyl groups is 2. The molecule has 1 amide bonds. The molecule has 6 heteroatoms. The Morgan fingerprint density at radius 2 is 0.653 bits per heavy atom. The monoisotopic (exact) mass is 1010 g/mol. The fourth-order valence-electron chi connectivity index (χ4n) is 10.2. The third-order valence-electron chi connectivity index (χ3n) is 15.2. The summed E-state index contributed by atoms with van der Waals surface area (Å²) in [7, 11) is 0. The summed E-state index contributed by atoms with van der Waals surface area (Å²) in [4.78, 5) is 24.6. The predicted molar refractivity (Wildman–Crippen MR) is 315 cm³/mol. The first-order valence-corrected chi connectivity index (χ1v) is 32.6. The van der Waals surface area contributed by atoms with Crippen LogP contribution in [0, 0.1) is 0 Å². The number of aliphatic hydroxyl groups excluding tert-OH is 2. The maximum atomic E-state index is 12.5. The molecule has 3 N–H and O–H groups in total. The Morgan fingerprint density at radius 1 is 0.375 bits per heavy atom. The van der Waals surface area contributed by atoms with Gasteiger partial charge < -0.3 is 20.3 Å². The number of esters is 1. The van der Waals surface area contributed by atoms with Crippen LogP contribution < -0.4 is 5.32 Å². The van der Waals surface area contributed by atoms with E-state index in [1.807, 2.05) is 6.08 Å². The average Bonchev–Trinajstić information content (AvgIpc) is 3.38. The van der Waals surface area contributed by atoms with E-state index >= 15 is 0 Å². The third kappa shape index (κ3) is 57.6. The van der Waals surface area contributed by atoms with E-state index in [1.54, 1.807) is 6.08 Å². The van der Waals surface area contributed by atoms with Gasteiger partial charge in [-0.3, -0.25) is 9.59 Å². The van der Waals surface area contributed by atoms with Gasteiger partial charge in [0.2, 0.25) is 5.91 Å². The van der Waals surface area contributed by atoms with E-state index in [-0.39, 0.29) is 18.5 Å². The minimum Gasteiger partial charge on any atom is -0.466 e. The molecule has 0 aliphatic heterocycles. The summed E-state index contributed by atoms with van der Waals surface area (Å²) in [6.45, 7) is 4.91. The molecule has 0 saturated heterocycles. The highest BCUT2D eigenvalue weighted by atomic mass is 16.5. The molecule has 2 unspecified atom stereocenters. The lowest BCUT2D eigenvalue weighted by Gasteiger charge is -2.20. The molecule has 0 saturated carbocycles. The first-order valence-electron chi connectivity index (χ1n) is 32.6. The molecule has 2 atom stereocenters. The first-order chi connectivity index (χ1) is 35.5. The van der Waals surface area contributed by atoms with Crippen LogP contribution in [0.1, 0.15) is 361 Å². The molecule has 0 fully saturated rings. The minimum atomic E-state index is -0.851. The van der Waals surface area contributed by atoms with Crippen molar-refractivity contribution in [3.05, 3.63) is 24.3 Å². The summed E-state index contributed by atoms with van der Waals surface area (Å²) in [5, 5.41) is 23.2. The van der Waals surface area contributed by atoms with Crippen molar-refractivity contribution >= 4 is 11.9 Å². The molecule has 0 heterocycles. The molecule has 0 radical (unpaired) electrons. The van der Waals surface area contributed by atoms with Gasteiger partial charge in [-0.1, -0.05) is 314 Å². The summed E-state index contributed by atoms with van der Waals surface area (Å²) in [6, 6.07) is -0.634. The quantitative estimate of drug-likeness (QED) is 0.0320. The number of nitrogens with one attached hydrogen (secondary N) is 1. The van der Waals surface area contributed by atoms with Gasteiger partial charge in [-0.15, -0.1) is 0 Å². The normalized spacial score (nSPS) is 12.7. The first kappa shape index (κ1) is 70.3. The summed E-state index contributed by atoms with van der Waals surface area (Å²) in [5.74, 6) is -0.0760. The SMILES string of the molecule is CCCCCCCC/C=C\CCCCCCCC(=O)OCCCCCCCCCCCCCCCCCCC(=O)NC(CO)C(O)/C=C/CCCCCCCCCCCCCCCCCCCCCCCC. The highest BCUT2D eigenvalue weighted by Crippen LogP contribution is 2.18. The highest BCUT2D eigenvalue weighted by Gasteiger charge is 2.18. The van der Waals surface area contributed by atoms with Crippen LogP contribution in [0.15, 0.2) is 24.3 Å². The van der Waals surface area contributed by atoms with Crippen molar-refractivity contribution in [1.29, 1.82) is 0 Å². The van der Waals surface area contributed by atoms with Gasteiger partial charge in [0.15, 0.2) is 0 Å². The van der Waals surface area contributed by atoms with Crippen LogP contribution >= 0.6 is 0 Å². The number of carbonyl (C=O) groups excluding carboxylic acids is 2. The summed E-state index contributed by atoms with van der Waals surface area (Å²) >= 11 is 0. The van der Waals surface area contributed by atoms with Gasteiger partial charge in [-0.25, -0.2) is 0 Å². The predicted octanol–water partition coefficient (Wildman–Crippen LogP) is 20.6. The second-order valence-electron chi connectivity index (χ2n) is 22.5. The Morgan fingerprint density at radius 3 is 0.986 bits per heavy atom. The van der Waals surface area contributed by atoms with Crippen LogP contribution in [0.3, 0.4) is 0 Å². The number of rotatable bonds is 61. The Hall–Kier alpha value is -1.66. The van der Waals surface area contributed by atoms with E-state index in [9.17, 15) is 19.8 Å². The van der Waals surface area contributed by atoms with Gasteiger partial charge in [-0.05, 0) is 57.8 Å². The van der Waals surface area contributed by atoms with Crippen molar-refractivity contribution in [2.45, 2.75) is 373 Å². The highest BCUT2D eigenvalue weighted by molar-refractivity contribution is 5.76. The number of hydrogen-bond acceptors (Lipinski definition) is 5. The third-order valence-corrected chi connectivity index (χ3v) is 15.2. The average molecular weight is 1010 g/mol. The number of allylic oxidation sites excluding steroid dienone is 3. The summed E-state index contributed by atoms with van der Waals surface area (Å²) in [6.07, 6.45) is 76.5. The van der Waals surface area contributed by atoms with Crippen molar-refractivity contribution in [1.82, 2.24) is 5.32 Å². The van der Waals surface area contributed by atoms with Gasteiger partial charge in [0.1, 0.15) is 0 Å². The van der Waals surface area contributed by atoms with Crippen molar-refractivity contribution in [3.63, 3.8) is 0 Å². The minimum absolute atomic E-state index is 0.00489. The molecule has 6 nitrogen and oxygen atoms in total. The molecule has 0 rings (SSSR count). The number of amides is 1. The second-order valence-corrected chi connectivity index (χ2v) is 22.5. The Balaban J connectivity index is 3.45. The zero-order chi connectivity index (χ0) is 52.2. The van der Waals surface area contributed by atoms with E-state index in [0.717, 1.165) is 44.9 Å². The number of ether oxygens (including phenoxy) is 1. The molecule has 0 aromatic heterocycles. The van der Waals surface area contributed by atoms with Crippen LogP contribution in [-0.4, -0.2) is 47.4 Å². The van der Waals surface area contributed by atoms with Crippen molar-refractivity contribution in [2.75, 3.05) is 13.2 Å². The molecule has 0 aliphatic carbocycles. The van der Waals surface area contributed by atoms with Crippen molar-refractivity contribution in [2.24, 2.45) is 0 Å². The standard InChI is InChI=1S/C66H127NO5/c1-3-5-7-9-11-13-15-17-19-20-21-22-23-24-25-26-27-31-34-38-42-46-50-54-58-64(69)63(62-68)67-65(70)59-55-51-47-43-39-35-32-28-29-33-37-41-45-49-53-57-61-72-66(71)60-56-52-48-44-40-36-30-18-16-14-12-10-8-6-4-2/h18,30,54,58,63-64,68-69H,3-17,19-29,31-53,55-57,59-62H2,1-2H3,(H,67,70)/b30-18-,58-54+. The summed E-state index contributed by atoms with van der Waals surface area (Å²) < 4.78 is 5.48. The zero-order valence-corrected chi connectivity index (χ0v) is 48.7. The molecule has 0 aliphatic rings. The summed E-state index contributed by atoms with van der Waals surface area (Å²) in [5.41, 5.74) is 0. The van der Waals surface area contributed by atoms with Crippen LogP contribution in [-0.2, 0) is 14.3 Å². The van der Waals surface area contributed by atoms with E-state index in [0.29, 0.717) is 19.4 Å². The van der Waals surface area contributed by atoms with Crippen LogP contribution in [0.2, 0.25) is 0 Å².